The van der Waals surface area contributed by atoms with Crippen molar-refractivity contribution >= 4 is 34.1 Å². The van der Waals surface area contributed by atoms with Gasteiger partial charge in [-0.1, -0.05) is 12.2 Å². The van der Waals surface area contributed by atoms with Gasteiger partial charge in [-0.15, -0.1) is 0 Å². The van der Waals surface area contributed by atoms with E-state index >= 15 is 0 Å². The van der Waals surface area contributed by atoms with Crippen LogP contribution >= 0.6 is 12.2 Å². The van der Waals surface area contributed by atoms with Crippen LogP contribution in [0.4, 0.5) is 0 Å². The van der Waals surface area contributed by atoms with Crippen LogP contribution in [0.5, 0.6) is 0 Å². The summed E-state index contributed by atoms with van der Waals surface area (Å²) in [6.07, 6.45) is 5.16. The van der Waals surface area contributed by atoms with Crippen LogP contribution in [0.1, 0.15) is 23.2 Å². The molecule has 1 aliphatic heterocycles. The summed E-state index contributed by atoms with van der Waals surface area (Å²) in [4.78, 5) is 23.4. The van der Waals surface area contributed by atoms with Gasteiger partial charge in [0.1, 0.15) is 0 Å². The number of likely N-dealkylation sites (tertiary alicyclic amines) is 1. The fraction of sp³-hybridized carbons (Fsp3) is 0.333. The minimum Gasteiger partial charge on any atom is -0.393 e. The molecular weight excluding hydrogens is 284 g/mol. The van der Waals surface area contributed by atoms with Gasteiger partial charge in [0.15, 0.2) is 0 Å². The molecule has 2 N–H and O–H groups in total. The number of fused-ring (bicyclic) bond motifs is 1. The van der Waals surface area contributed by atoms with Gasteiger partial charge < -0.3 is 10.6 Å². The molecular formula is C15H16N4OS. The van der Waals surface area contributed by atoms with Crippen molar-refractivity contribution in [2.45, 2.75) is 12.8 Å². The summed E-state index contributed by atoms with van der Waals surface area (Å²) in [6, 6.07) is 5.41. The Morgan fingerprint density at radius 3 is 2.81 bits per heavy atom. The number of carbonyl (C=O) groups excluding carboxylic acids is 1. The average Bonchev–Trinajstić information content (AvgIpc) is 2.53. The summed E-state index contributed by atoms with van der Waals surface area (Å²) in [5.41, 5.74) is 7.86. The zero-order chi connectivity index (χ0) is 14.8. The molecule has 1 aliphatic rings. The third-order valence-corrected chi connectivity index (χ3v) is 4.16. The van der Waals surface area contributed by atoms with Gasteiger partial charge in [-0.3, -0.25) is 14.8 Å². The molecule has 0 aliphatic carbocycles. The van der Waals surface area contributed by atoms with Crippen LogP contribution in [0.25, 0.3) is 11.0 Å². The lowest BCUT2D eigenvalue weighted by Gasteiger charge is -2.32. The maximum Gasteiger partial charge on any atom is 0.253 e. The second-order valence-corrected chi connectivity index (χ2v) is 5.72. The molecule has 108 valence electrons. The summed E-state index contributed by atoms with van der Waals surface area (Å²) in [6.45, 7) is 1.35. The van der Waals surface area contributed by atoms with Crippen LogP contribution in [-0.2, 0) is 0 Å². The Morgan fingerprint density at radius 2 is 2.05 bits per heavy atom. The Bertz CT molecular complexity index is 703. The fourth-order valence-corrected chi connectivity index (χ4v) is 2.87. The molecule has 1 amide bonds. The van der Waals surface area contributed by atoms with Gasteiger partial charge in [-0.2, -0.15) is 0 Å². The summed E-state index contributed by atoms with van der Waals surface area (Å²) in [7, 11) is 0. The van der Waals surface area contributed by atoms with Crippen LogP contribution in [0.3, 0.4) is 0 Å². The first-order chi connectivity index (χ1) is 10.1. The number of rotatable bonds is 2. The molecule has 2 aromatic rings. The molecule has 0 saturated carbocycles. The maximum absolute atomic E-state index is 12.6. The van der Waals surface area contributed by atoms with E-state index in [0.717, 1.165) is 30.4 Å². The van der Waals surface area contributed by atoms with Crippen LogP contribution in [0, 0.1) is 5.92 Å². The number of nitrogens with zero attached hydrogens (tertiary/aromatic N) is 3. The molecule has 2 heterocycles. The first-order valence-corrected chi connectivity index (χ1v) is 7.35. The topological polar surface area (TPSA) is 72.1 Å². The molecule has 1 aromatic heterocycles. The summed E-state index contributed by atoms with van der Waals surface area (Å²) < 4.78 is 0. The van der Waals surface area contributed by atoms with Crippen molar-refractivity contribution in [3.8, 4) is 0 Å². The van der Waals surface area contributed by atoms with Crippen LogP contribution < -0.4 is 5.73 Å². The molecule has 0 radical (unpaired) electrons. The van der Waals surface area contributed by atoms with Crippen molar-refractivity contribution in [3.63, 3.8) is 0 Å². The monoisotopic (exact) mass is 300 g/mol. The average molecular weight is 300 g/mol. The predicted molar refractivity (Wildman–Crippen MR) is 85.0 cm³/mol. The molecule has 1 aromatic carbocycles. The van der Waals surface area contributed by atoms with Gasteiger partial charge in [0.2, 0.25) is 0 Å². The molecule has 1 fully saturated rings. The first kappa shape index (κ1) is 13.9. The van der Waals surface area contributed by atoms with Gasteiger partial charge in [-0.05, 0) is 31.0 Å². The van der Waals surface area contributed by atoms with E-state index in [1.807, 2.05) is 11.0 Å². The van der Waals surface area contributed by atoms with Gasteiger partial charge in [0.25, 0.3) is 5.91 Å². The first-order valence-electron chi connectivity index (χ1n) is 6.94. The molecule has 0 bridgehead atoms. The molecule has 3 rings (SSSR count). The van der Waals surface area contributed by atoms with Gasteiger partial charge in [0, 0.05) is 37.0 Å². The SMILES string of the molecule is NC(=S)C1CCCN(C(=O)c2ccc3nccnc3c2)C1. The highest BCUT2D eigenvalue weighted by atomic mass is 32.1. The molecule has 1 saturated heterocycles. The van der Waals surface area contributed by atoms with Crippen molar-refractivity contribution < 1.29 is 4.79 Å². The van der Waals surface area contributed by atoms with Crippen molar-refractivity contribution in [1.82, 2.24) is 14.9 Å². The van der Waals surface area contributed by atoms with Gasteiger partial charge in [-0.25, -0.2) is 0 Å². The number of hydrogen-bond donors (Lipinski definition) is 1. The molecule has 1 atom stereocenters. The highest BCUT2D eigenvalue weighted by Crippen LogP contribution is 2.20. The van der Waals surface area contributed by atoms with Gasteiger partial charge >= 0.3 is 0 Å². The maximum atomic E-state index is 12.6. The number of hydrogen-bond acceptors (Lipinski definition) is 4. The van der Waals surface area contributed by atoms with E-state index in [0.29, 0.717) is 17.1 Å². The van der Waals surface area contributed by atoms with E-state index in [2.05, 4.69) is 9.97 Å². The Hall–Kier alpha value is -2.08. The zero-order valence-corrected chi connectivity index (χ0v) is 12.3. The molecule has 21 heavy (non-hydrogen) atoms. The quantitative estimate of drug-likeness (QED) is 0.856. The summed E-state index contributed by atoms with van der Waals surface area (Å²) in [5, 5.41) is 0. The Balaban J connectivity index is 1.84. The van der Waals surface area contributed by atoms with Crippen molar-refractivity contribution in [2.75, 3.05) is 13.1 Å². The lowest BCUT2D eigenvalue weighted by molar-refractivity contribution is 0.0704. The summed E-state index contributed by atoms with van der Waals surface area (Å²) in [5.74, 6) is 0.126. The Kier molecular flexibility index (Phi) is 3.79. The largest absolute Gasteiger partial charge is 0.393 e. The lowest BCUT2D eigenvalue weighted by Crippen LogP contribution is -2.43. The Morgan fingerprint density at radius 1 is 1.29 bits per heavy atom. The fourth-order valence-electron chi connectivity index (χ4n) is 2.67. The van der Waals surface area contributed by atoms with Crippen LogP contribution in [0.15, 0.2) is 30.6 Å². The molecule has 5 nitrogen and oxygen atoms in total. The van der Waals surface area contributed by atoms with E-state index in [1.165, 1.54) is 0 Å². The summed E-state index contributed by atoms with van der Waals surface area (Å²) >= 11 is 5.06. The van der Waals surface area contributed by atoms with Crippen molar-refractivity contribution in [3.05, 3.63) is 36.2 Å². The molecule has 1 unspecified atom stereocenters. The zero-order valence-electron chi connectivity index (χ0n) is 11.5. The van der Waals surface area contributed by atoms with Crippen LogP contribution in [-0.4, -0.2) is 38.9 Å². The lowest BCUT2D eigenvalue weighted by atomic mass is 9.97. The van der Waals surface area contributed by atoms with Crippen molar-refractivity contribution in [2.24, 2.45) is 11.7 Å². The van der Waals surface area contributed by atoms with E-state index in [9.17, 15) is 4.79 Å². The second-order valence-electron chi connectivity index (χ2n) is 5.25. The standard InChI is InChI=1S/C15H16N4OS/c16-14(21)11-2-1-7-19(9-11)15(20)10-3-4-12-13(8-10)18-6-5-17-12/h3-6,8,11H,1-2,7,9H2,(H2,16,21). The number of thiocarbonyl (C=S) groups is 1. The number of carbonyl (C=O) groups is 1. The second kappa shape index (κ2) is 5.73. The number of nitrogens with two attached hydrogens (primary N) is 1. The highest BCUT2D eigenvalue weighted by molar-refractivity contribution is 7.80. The Labute approximate surface area is 128 Å². The predicted octanol–water partition coefficient (Wildman–Crippen LogP) is 1.77. The van der Waals surface area contributed by atoms with Gasteiger partial charge in [0.05, 0.1) is 16.0 Å². The minimum absolute atomic E-state index is 0.00324. The minimum atomic E-state index is 0.00324. The van der Waals surface area contributed by atoms with E-state index < -0.39 is 0 Å². The van der Waals surface area contributed by atoms with E-state index in [4.69, 9.17) is 18.0 Å². The highest BCUT2D eigenvalue weighted by Gasteiger charge is 2.26. The van der Waals surface area contributed by atoms with E-state index in [1.54, 1.807) is 24.5 Å². The number of amides is 1. The third kappa shape index (κ3) is 2.85. The van der Waals surface area contributed by atoms with Crippen LogP contribution in [0.2, 0.25) is 0 Å². The molecule has 0 spiro atoms. The van der Waals surface area contributed by atoms with Crippen molar-refractivity contribution in [1.29, 1.82) is 0 Å². The molecule has 6 heteroatoms. The smallest absolute Gasteiger partial charge is 0.253 e. The normalized spacial score (nSPS) is 18.7. The third-order valence-electron chi connectivity index (χ3n) is 3.83. The number of benzene rings is 1. The number of aromatic nitrogens is 2. The number of piperidine rings is 1. The van der Waals surface area contributed by atoms with E-state index in [-0.39, 0.29) is 11.8 Å².